The first-order valence-electron chi connectivity index (χ1n) is 4.91. The quantitative estimate of drug-likeness (QED) is 0.282. The predicted octanol–water partition coefficient (Wildman–Crippen LogP) is 6.65. The molecule has 15 heteroatoms. The van der Waals surface area contributed by atoms with E-state index in [-0.39, 0.29) is 0 Å². The molecule has 0 saturated carbocycles. The highest BCUT2D eigenvalue weighted by molar-refractivity contribution is 6.52. The average molecular weight is 483 g/mol. The third-order valence-electron chi connectivity index (χ3n) is 2.37. The van der Waals surface area contributed by atoms with E-state index in [1.807, 2.05) is 0 Å². The van der Waals surface area contributed by atoms with Gasteiger partial charge in [-0.1, -0.05) is 58.0 Å². The first-order valence-corrected chi connectivity index (χ1v) is 7.24. The topological polar surface area (TPSA) is 0 Å². The second kappa shape index (κ2) is 7.02. The van der Waals surface area contributed by atoms with E-state index in [0.717, 1.165) is 0 Å². The van der Waals surface area contributed by atoms with Crippen molar-refractivity contribution < 1.29 is 39.5 Å². The van der Waals surface area contributed by atoms with Crippen molar-refractivity contribution in [2.45, 2.75) is 43.9 Å². The fourth-order valence-electron chi connectivity index (χ4n) is 1.07. The second-order valence-corrected chi connectivity index (χ2v) is 7.62. The maximum absolute atomic E-state index is 13.4. The van der Waals surface area contributed by atoms with E-state index in [2.05, 4.69) is 58.0 Å². The van der Waals surface area contributed by atoms with Crippen molar-refractivity contribution in [1.29, 1.82) is 0 Å². The molecule has 0 aromatic carbocycles. The molecule has 0 bridgehead atoms. The molecule has 0 saturated heterocycles. The molecule has 0 radical (unpaired) electrons. The lowest BCUT2D eigenvalue weighted by molar-refractivity contribution is -0.278. The largest absolute Gasteiger partial charge is 0.348 e. The Morgan fingerprint density at radius 2 is 1.00 bits per heavy atom. The average Bonchev–Trinajstić information content (AvgIpc) is 2.32. The molecule has 0 aromatic heterocycles. The van der Waals surface area contributed by atoms with E-state index >= 15 is 0 Å². The maximum Gasteiger partial charge on any atom is 0.348 e. The van der Waals surface area contributed by atoms with Crippen molar-refractivity contribution in [2.75, 3.05) is 0 Å². The van der Waals surface area contributed by atoms with E-state index in [9.17, 15) is 39.5 Å². The number of hydrogen-bond acceptors (Lipinski definition) is 0. The Balaban J connectivity index is 5.80. The van der Waals surface area contributed by atoms with Gasteiger partial charge in [-0.15, -0.1) is 11.6 Å². The summed E-state index contributed by atoms with van der Waals surface area (Å²) in [6.07, 6.45) is -9.45. The molecule has 0 nitrogen and oxygen atoms in total. The molecule has 0 aliphatic carbocycles. The highest BCUT2D eigenvalue weighted by Gasteiger charge is 2.76. The Bertz CT molecular complexity index is 417. The van der Waals surface area contributed by atoms with Gasteiger partial charge in [0.05, 0.1) is 0 Å². The van der Waals surface area contributed by atoms with Crippen LogP contribution in [-0.4, -0.2) is 43.9 Å². The fraction of sp³-hybridized carbons (Fsp3) is 1.00. The standard InChI is InChI=1S/C8H3Cl6F9/c9-1(7(11,12)22)2(15)5(18,19)6(20,21)3(16)4(10,17)8(13,14)23/h1-3H. The van der Waals surface area contributed by atoms with Crippen LogP contribution in [0.5, 0.6) is 0 Å². The molecule has 0 aliphatic rings. The summed E-state index contributed by atoms with van der Waals surface area (Å²) in [6.45, 7) is 0. The fourth-order valence-corrected chi connectivity index (χ4v) is 1.78. The third-order valence-corrected chi connectivity index (χ3v) is 4.79. The van der Waals surface area contributed by atoms with Gasteiger partial charge in [-0.2, -0.15) is 17.6 Å². The van der Waals surface area contributed by atoms with Crippen LogP contribution >= 0.6 is 69.6 Å². The molecule has 0 N–H and O–H groups in total. The van der Waals surface area contributed by atoms with Crippen LogP contribution < -0.4 is 0 Å². The van der Waals surface area contributed by atoms with Crippen LogP contribution in [0, 0.1) is 0 Å². The van der Waals surface area contributed by atoms with E-state index < -0.39 is 43.9 Å². The lowest BCUT2D eigenvalue weighted by Crippen LogP contribution is -2.63. The van der Waals surface area contributed by atoms with Gasteiger partial charge in [-0.3, -0.25) is 0 Å². The van der Waals surface area contributed by atoms with Crippen molar-refractivity contribution in [3.8, 4) is 0 Å². The van der Waals surface area contributed by atoms with Crippen LogP contribution in [0.2, 0.25) is 0 Å². The summed E-state index contributed by atoms with van der Waals surface area (Å²) in [7, 11) is 0. The summed E-state index contributed by atoms with van der Waals surface area (Å²) < 4.78 is 111. The smallest absolute Gasteiger partial charge is 0.239 e. The van der Waals surface area contributed by atoms with Crippen LogP contribution in [0.25, 0.3) is 0 Å². The van der Waals surface area contributed by atoms with Crippen LogP contribution in [-0.2, 0) is 0 Å². The van der Waals surface area contributed by atoms with Gasteiger partial charge in [0, 0.05) is 0 Å². The summed E-state index contributed by atoms with van der Waals surface area (Å²) >= 11 is 26.8. The SMILES string of the molecule is FC(C(Cl)C(F)(Cl)Cl)C(F)(F)C(F)(F)C(F)C(F)(Cl)C(F)(Cl)Cl. The van der Waals surface area contributed by atoms with E-state index in [1.54, 1.807) is 0 Å². The minimum atomic E-state index is -6.39. The molecule has 0 spiro atoms. The Morgan fingerprint density at radius 3 is 1.26 bits per heavy atom. The van der Waals surface area contributed by atoms with Gasteiger partial charge < -0.3 is 0 Å². The van der Waals surface area contributed by atoms with Crippen LogP contribution in [0.1, 0.15) is 0 Å². The monoisotopic (exact) mass is 480 g/mol. The number of halogens is 15. The Labute approximate surface area is 153 Å². The van der Waals surface area contributed by atoms with Crippen LogP contribution in [0.15, 0.2) is 0 Å². The zero-order valence-electron chi connectivity index (χ0n) is 9.90. The summed E-state index contributed by atoms with van der Waals surface area (Å²) in [5.41, 5.74) is 0. The van der Waals surface area contributed by atoms with Crippen molar-refractivity contribution >= 4 is 69.6 Å². The molecule has 23 heavy (non-hydrogen) atoms. The normalized spacial score (nSPS) is 21.5. The maximum atomic E-state index is 13.4. The molecule has 0 amide bonds. The van der Waals surface area contributed by atoms with Crippen LogP contribution in [0.3, 0.4) is 0 Å². The molecule has 4 unspecified atom stereocenters. The molecule has 0 rings (SSSR count). The zero-order chi connectivity index (χ0) is 19.2. The third kappa shape index (κ3) is 4.64. The summed E-state index contributed by atoms with van der Waals surface area (Å²) in [4.78, 5) is 0. The Hall–Kier alpha value is 1.11. The van der Waals surface area contributed by atoms with Gasteiger partial charge >= 0.3 is 16.4 Å². The van der Waals surface area contributed by atoms with Gasteiger partial charge in [0.15, 0.2) is 6.17 Å². The van der Waals surface area contributed by atoms with Crippen molar-refractivity contribution in [1.82, 2.24) is 0 Å². The number of hydrogen-bond donors (Lipinski definition) is 0. The van der Waals surface area contributed by atoms with E-state index in [0.29, 0.717) is 0 Å². The van der Waals surface area contributed by atoms with Crippen LogP contribution in [0.4, 0.5) is 39.5 Å². The number of alkyl halides is 15. The molecule has 140 valence electrons. The molecular weight excluding hydrogens is 480 g/mol. The summed E-state index contributed by atoms with van der Waals surface area (Å²) in [5, 5.41) is -8.50. The predicted molar refractivity (Wildman–Crippen MR) is 70.1 cm³/mol. The highest BCUT2D eigenvalue weighted by atomic mass is 35.5. The molecule has 0 aromatic rings. The first-order chi connectivity index (χ1) is 9.72. The van der Waals surface area contributed by atoms with Gasteiger partial charge in [-0.05, 0) is 0 Å². The first kappa shape index (κ1) is 24.1. The molecule has 4 atom stereocenters. The van der Waals surface area contributed by atoms with Gasteiger partial charge in [0.2, 0.25) is 6.17 Å². The minimum Gasteiger partial charge on any atom is -0.239 e. The number of rotatable bonds is 7. The molecular formula is C8H3Cl6F9. The lowest BCUT2D eigenvalue weighted by atomic mass is 9.97. The van der Waals surface area contributed by atoms with E-state index in [1.165, 1.54) is 0 Å². The van der Waals surface area contributed by atoms with Crippen molar-refractivity contribution in [3.05, 3.63) is 0 Å². The Kier molecular flexibility index (Phi) is 7.36. The van der Waals surface area contributed by atoms with E-state index in [4.69, 9.17) is 11.6 Å². The van der Waals surface area contributed by atoms with Gasteiger partial charge in [-0.25, -0.2) is 22.0 Å². The zero-order valence-corrected chi connectivity index (χ0v) is 14.4. The lowest BCUT2D eigenvalue weighted by Gasteiger charge is -2.38. The summed E-state index contributed by atoms with van der Waals surface area (Å²) in [5.74, 6) is -12.6. The second-order valence-electron chi connectivity index (χ2n) is 4.07. The Morgan fingerprint density at radius 1 is 0.652 bits per heavy atom. The highest BCUT2D eigenvalue weighted by Crippen LogP contribution is 2.55. The van der Waals surface area contributed by atoms with Gasteiger partial charge in [0.25, 0.3) is 9.72 Å². The van der Waals surface area contributed by atoms with Crippen molar-refractivity contribution in [3.63, 3.8) is 0 Å². The molecule has 0 heterocycles. The summed E-state index contributed by atoms with van der Waals surface area (Å²) in [6, 6.07) is 0. The minimum absolute atomic E-state index is 3.36. The van der Waals surface area contributed by atoms with Gasteiger partial charge in [0.1, 0.15) is 5.38 Å². The molecule has 0 aliphatic heterocycles. The van der Waals surface area contributed by atoms with Crippen molar-refractivity contribution in [2.24, 2.45) is 0 Å². The molecule has 0 fully saturated rings.